The summed E-state index contributed by atoms with van der Waals surface area (Å²) in [7, 11) is 1.96. The monoisotopic (exact) mass is 402 g/mol. The highest BCUT2D eigenvalue weighted by Crippen LogP contribution is 2.30. The number of carbonyl (C=O) groups excluding carboxylic acids is 1. The maximum Gasteiger partial charge on any atom is 0.237 e. The van der Waals surface area contributed by atoms with Crippen molar-refractivity contribution in [2.75, 3.05) is 19.8 Å². The van der Waals surface area contributed by atoms with E-state index in [2.05, 4.69) is 23.7 Å². The van der Waals surface area contributed by atoms with E-state index in [0.29, 0.717) is 12.3 Å². The molecule has 2 heterocycles. The van der Waals surface area contributed by atoms with E-state index in [4.69, 9.17) is 4.74 Å². The molecular weight excluding hydrogens is 368 g/mol. The Kier molecular flexibility index (Phi) is 8.58. The third kappa shape index (κ3) is 5.25. The van der Waals surface area contributed by atoms with E-state index in [9.17, 15) is 20.1 Å². The minimum atomic E-state index is -1.33. The molecule has 0 spiro atoms. The van der Waals surface area contributed by atoms with Gasteiger partial charge in [0.25, 0.3) is 0 Å². The van der Waals surface area contributed by atoms with Crippen LogP contribution in [0.3, 0.4) is 0 Å². The Morgan fingerprint density at radius 2 is 2.07 bits per heavy atom. The van der Waals surface area contributed by atoms with Crippen LogP contribution in [0.4, 0.5) is 0 Å². The van der Waals surface area contributed by atoms with Gasteiger partial charge in [0, 0.05) is 6.54 Å². The first kappa shape index (κ1) is 22.6. The molecule has 2 saturated heterocycles. The van der Waals surface area contributed by atoms with Crippen LogP contribution in [0.5, 0.6) is 0 Å². The first-order valence-corrected chi connectivity index (χ1v) is 11.0. The number of carbonyl (C=O) groups is 1. The summed E-state index contributed by atoms with van der Waals surface area (Å²) in [6.45, 7) is 6.79. The van der Waals surface area contributed by atoms with E-state index in [1.54, 1.807) is 12.3 Å². The molecule has 8 atom stereocenters. The summed E-state index contributed by atoms with van der Waals surface area (Å²) in [6, 6.07) is -0.734. The molecule has 0 saturated carbocycles. The molecule has 27 heavy (non-hydrogen) atoms. The summed E-state index contributed by atoms with van der Waals surface area (Å²) in [5.41, 5.74) is -0.666. The van der Waals surface area contributed by atoms with Crippen LogP contribution in [-0.4, -0.2) is 87.9 Å². The molecule has 0 aromatic carbocycles. The quantitative estimate of drug-likeness (QED) is 0.434. The van der Waals surface area contributed by atoms with Crippen LogP contribution >= 0.6 is 11.8 Å². The molecule has 0 radical (unpaired) electrons. The van der Waals surface area contributed by atoms with Crippen LogP contribution in [0.1, 0.15) is 32.6 Å². The van der Waals surface area contributed by atoms with Gasteiger partial charge in [-0.3, -0.25) is 9.69 Å². The number of nitrogens with one attached hydrogen (secondary N) is 1. The number of aliphatic hydroxyl groups excluding tert-OH is 3. The van der Waals surface area contributed by atoms with Gasteiger partial charge in [0.2, 0.25) is 5.91 Å². The summed E-state index contributed by atoms with van der Waals surface area (Å²) >= 11 is 1.26. The average Bonchev–Trinajstić information content (AvgIpc) is 3.00. The Morgan fingerprint density at radius 1 is 1.37 bits per heavy atom. The van der Waals surface area contributed by atoms with Crippen LogP contribution in [0, 0.1) is 5.92 Å². The average molecular weight is 403 g/mol. The van der Waals surface area contributed by atoms with Crippen LogP contribution < -0.4 is 5.32 Å². The zero-order chi connectivity index (χ0) is 20.1. The smallest absolute Gasteiger partial charge is 0.237 e. The van der Waals surface area contributed by atoms with Gasteiger partial charge < -0.3 is 25.4 Å². The maximum absolute atomic E-state index is 12.9. The van der Waals surface area contributed by atoms with Crippen LogP contribution in [0.2, 0.25) is 0 Å². The molecule has 8 heteroatoms. The predicted octanol–water partition coefficient (Wildman–Crippen LogP) is 0.338. The van der Waals surface area contributed by atoms with Gasteiger partial charge in [-0.15, -0.1) is 18.3 Å². The van der Waals surface area contributed by atoms with Crippen molar-refractivity contribution in [3.05, 3.63) is 12.7 Å². The van der Waals surface area contributed by atoms with Crippen molar-refractivity contribution in [2.45, 2.75) is 74.5 Å². The summed E-state index contributed by atoms with van der Waals surface area (Å²) in [4.78, 5) is 15.0. The minimum Gasteiger partial charge on any atom is -0.388 e. The largest absolute Gasteiger partial charge is 0.388 e. The van der Waals surface area contributed by atoms with E-state index in [0.717, 1.165) is 25.8 Å². The fourth-order valence-corrected chi connectivity index (χ4v) is 4.84. The molecule has 4 N–H and O–H groups in total. The lowest BCUT2D eigenvalue weighted by Gasteiger charge is -2.43. The number of hydrogen-bond donors (Lipinski definition) is 4. The molecule has 0 aromatic rings. The molecule has 0 aromatic heterocycles. The number of thioether (sulfide) groups is 1. The van der Waals surface area contributed by atoms with Crippen molar-refractivity contribution < 1.29 is 24.9 Å². The van der Waals surface area contributed by atoms with Crippen LogP contribution in [0.15, 0.2) is 12.7 Å². The van der Waals surface area contributed by atoms with E-state index in [-0.39, 0.29) is 11.9 Å². The number of rotatable bonds is 8. The lowest BCUT2D eigenvalue weighted by atomic mass is 9.92. The van der Waals surface area contributed by atoms with Gasteiger partial charge in [-0.1, -0.05) is 19.4 Å². The summed E-state index contributed by atoms with van der Waals surface area (Å²) in [5.74, 6) is 0.419. The van der Waals surface area contributed by atoms with Crippen molar-refractivity contribution in [3.63, 3.8) is 0 Å². The lowest BCUT2D eigenvalue weighted by Crippen LogP contribution is -2.63. The lowest BCUT2D eigenvalue weighted by molar-refractivity contribution is -0.205. The zero-order valence-electron chi connectivity index (χ0n) is 16.5. The maximum atomic E-state index is 12.9. The zero-order valence-corrected chi connectivity index (χ0v) is 17.3. The number of ether oxygens (including phenoxy) is 1. The van der Waals surface area contributed by atoms with Gasteiger partial charge in [-0.25, -0.2) is 0 Å². The van der Waals surface area contributed by atoms with Crippen LogP contribution in [0.25, 0.3) is 0 Å². The Bertz CT molecular complexity index is 506. The summed E-state index contributed by atoms with van der Waals surface area (Å²) in [5, 5.41) is 33.6. The van der Waals surface area contributed by atoms with E-state index < -0.39 is 35.9 Å². The molecule has 1 amide bonds. The van der Waals surface area contributed by atoms with Gasteiger partial charge in [0.1, 0.15) is 29.9 Å². The topological polar surface area (TPSA) is 102 Å². The number of likely N-dealkylation sites (tertiary alicyclic amines) is 1. The molecule has 2 rings (SSSR count). The van der Waals surface area contributed by atoms with E-state index in [1.807, 2.05) is 7.05 Å². The van der Waals surface area contributed by atoms with Crippen molar-refractivity contribution in [1.82, 2.24) is 10.2 Å². The Morgan fingerprint density at radius 3 is 2.67 bits per heavy atom. The van der Waals surface area contributed by atoms with Crippen molar-refractivity contribution >= 4 is 17.7 Å². The normalized spacial score (nSPS) is 38.5. The van der Waals surface area contributed by atoms with E-state index in [1.165, 1.54) is 11.8 Å². The SMILES string of the molecule is C=CCC(NC(=O)C1CC(CCC)CN1C)[C@H]1O[C@H](SC)[C@H](O)[C@@H](O)[C@H]1O. The molecular formula is C19H34N2O5S. The van der Waals surface area contributed by atoms with Crippen LogP contribution in [-0.2, 0) is 9.53 Å². The minimum absolute atomic E-state index is 0.0972. The fraction of sp³-hybridized carbons (Fsp3) is 0.842. The number of amides is 1. The molecule has 0 bridgehead atoms. The third-order valence-electron chi connectivity index (χ3n) is 5.62. The summed E-state index contributed by atoms with van der Waals surface area (Å²) < 4.78 is 5.82. The number of aliphatic hydroxyl groups is 3. The number of hydrogen-bond acceptors (Lipinski definition) is 7. The van der Waals surface area contributed by atoms with Crippen molar-refractivity contribution in [1.29, 1.82) is 0 Å². The molecule has 0 aliphatic carbocycles. The molecule has 3 unspecified atom stereocenters. The van der Waals surface area contributed by atoms with Gasteiger partial charge in [-0.05, 0) is 38.5 Å². The van der Waals surface area contributed by atoms with E-state index >= 15 is 0 Å². The van der Waals surface area contributed by atoms with Crippen molar-refractivity contribution in [3.8, 4) is 0 Å². The standard InChI is InChI=1S/C19H34N2O5S/c1-5-7-11-9-13(21(3)10-11)18(25)20-12(8-6-2)17-15(23)14(22)16(24)19(26-17)27-4/h6,11-17,19,22-24H,2,5,7-10H2,1,3-4H3,(H,20,25)/t11?,12?,13?,14-,15+,16+,17+,19+/m0/s1. The van der Waals surface area contributed by atoms with Gasteiger partial charge in [-0.2, -0.15) is 0 Å². The first-order chi connectivity index (χ1) is 12.8. The molecule has 2 aliphatic heterocycles. The molecule has 7 nitrogen and oxygen atoms in total. The van der Waals surface area contributed by atoms with Gasteiger partial charge in [0.05, 0.1) is 12.1 Å². The highest BCUT2D eigenvalue weighted by atomic mass is 32.2. The third-order valence-corrected chi connectivity index (χ3v) is 6.47. The second-order valence-electron chi connectivity index (χ2n) is 7.66. The first-order valence-electron chi connectivity index (χ1n) is 9.67. The van der Waals surface area contributed by atoms with Gasteiger partial charge >= 0.3 is 0 Å². The summed E-state index contributed by atoms with van der Waals surface area (Å²) in [6.07, 6.45) is 2.23. The second-order valence-corrected chi connectivity index (χ2v) is 8.60. The highest BCUT2D eigenvalue weighted by molar-refractivity contribution is 7.99. The molecule has 2 fully saturated rings. The highest BCUT2D eigenvalue weighted by Gasteiger charge is 2.47. The predicted molar refractivity (Wildman–Crippen MR) is 106 cm³/mol. The Hall–Kier alpha value is -0.640. The number of likely N-dealkylation sites (N-methyl/N-ethyl adjacent to an activating group) is 1. The fourth-order valence-electron chi connectivity index (χ4n) is 4.16. The van der Waals surface area contributed by atoms with Crippen molar-refractivity contribution in [2.24, 2.45) is 5.92 Å². The Labute approximate surface area is 166 Å². The Balaban J connectivity index is 2.08. The molecule has 2 aliphatic rings. The molecule has 156 valence electrons. The van der Waals surface area contributed by atoms with Gasteiger partial charge in [0.15, 0.2) is 0 Å². The number of nitrogens with zero attached hydrogens (tertiary/aromatic N) is 1. The second kappa shape index (κ2) is 10.2.